The van der Waals surface area contributed by atoms with E-state index in [9.17, 15) is 18.9 Å². The number of ether oxygens (including phenoxy) is 1. The van der Waals surface area contributed by atoms with E-state index in [1.54, 1.807) is 106 Å². The molecule has 3 aromatic carbocycles. The number of Topliss-reactive ketones (excluding diaryl/α,β-unsaturated/α-hetero) is 1. The van der Waals surface area contributed by atoms with Crippen LogP contribution < -0.4 is 21.2 Å². The van der Waals surface area contributed by atoms with E-state index < -0.39 is 43.9 Å². The van der Waals surface area contributed by atoms with Crippen molar-refractivity contribution in [2.45, 2.75) is 39.3 Å². The summed E-state index contributed by atoms with van der Waals surface area (Å²) in [4.78, 5) is 38.5. The number of carbonyl (C=O) groups is 3. The van der Waals surface area contributed by atoms with Gasteiger partial charge in [-0.2, -0.15) is 0 Å². The van der Waals surface area contributed by atoms with Crippen molar-refractivity contribution >= 4 is 41.4 Å². The zero-order valence-corrected chi connectivity index (χ0v) is 22.6. The normalized spacial score (nSPS) is 12.8. The van der Waals surface area contributed by atoms with Crippen LogP contribution in [0.4, 0.5) is 10.5 Å². The second kappa shape index (κ2) is 13.7. The first-order valence-electron chi connectivity index (χ1n) is 12.5. The topological polar surface area (TPSA) is 111 Å². The van der Waals surface area contributed by atoms with Gasteiger partial charge in [-0.25, -0.2) is 4.79 Å². The Morgan fingerprint density at radius 3 is 1.79 bits per heavy atom. The molecule has 9 heteroatoms. The lowest BCUT2D eigenvalue weighted by molar-refractivity contribution is -0.135. The third-order valence-corrected chi connectivity index (χ3v) is 8.26. The van der Waals surface area contributed by atoms with Crippen molar-refractivity contribution in [3.63, 3.8) is 0 Å². The number of hydrogen-bond acceptors (Lipinski definition) is 6. The van der Waals surface area contributed by atoms with Crippen molar-refractivity contribution in [2.24, 2.45) is 5.92 Å². The highest BCUT2D eigenvalue weighted by molar-refractivity contribution is 7.74. The van der Waals surface area contributed by atoms with Crippen LogP contribution in [0.5, 0.6) is 0 Å². The molecule has 0 radical (unpaired) electrons. The molecular weight excluding hydrogens is 503 g/mol. The maximum absolute atomic E-state index is 14.0. The summed E-state index contributed by atoms with van der Waals surface area (Å²) in [7, 11) is -3.56. The van der Waals surface area contributed by atoms with Gasteiger partial charge in [-0.3, -0.25) is 19.5 Å². The molecule has 2 atom stereocenters. The van der Waals surface area contributed by atoms with Gasteiger partial charge in [-0.05, 0) is 48.7 Å². The Morgan fingerprint density at radius 1 is 0.816 bits per heavy atom. The molecule has 0 heterocycles. The van der Waals surface area contributed by atoms with Gasteiger partial charge in [-0.1, -0.05) is 75.4 Å². The third kappa shape index (κ3) is 7.63. The number of carbonyl (C=O) groups excluding carboxylic acids is 3. The Hall–Kier alpha value is -3.74. The number of anilines is 1. The lowest BCUT2D eigenvalue weighted by Crippen LogP contribution is -2.49. The second-order valence-electron chi connectivity index (χ2n) is 8.99. The van der Waals surface area contributed by atoms with Crippen molar-refractivity contribution < 1.29 is 28.2 Å². The lowest BCUT2D eigenvalue weighted by Gasteiger charge is -2.24. The molecule has 0 fully saturated rings. The fourth-order valence-corrected chi connectivity index (χ4v) is 5.78. The molecule has 2 N–H and O–H groups in total. The number of amides is 2. The van der Waals surface area contributed by atoms with Crippen LogP contribution >= 0.6 is 7.37 Å². The molecule has 2 amide bonds. The average Bonchev–Trinajstić information content (AvgIpc) is 2.94. The number of benzene rings is 3. The minimum Gasteiger partial charge on any atom is -0.436 e. The predicted octanol–water partition coefficient (Wildman–Crippen LogP) is 4.67. The third-order valence-electron chi connectivity index (χ3n) is 5.81. The minimum atomic E-state index is -3.56. The summed E-state index contributed by atoms with van der Waals surface area (Å²) in [5, 5.41) is 6.18. The van der Waals surface area contributed by atoms with Crippen LogP contribution in [0.15, 0.2) is 91.0 Å². The lowest BCUT2D eigenvalue weighted by atomic mass is 10.0. The standard InChI is InChI=1S/C29H33N2O6P/c1-4-25(31-28(33)27(21(2)3)37-29(34)30-22-14-8-5-9-15-22)26(32)20-36-38(35,23-16-10-6-11-17-23)24-18-12-7-13-19-24/h5-19,21,25,27H,4,20H2,1-3H3,(H,30,34)(H,31,33). The van der Waals surface area contributed by atoms with Crippen LogP contribution in [0.25, 0.3) is 0 Å². The number of nitrogens with one attached hydrogen (secondary N) is 2. The summed E-state index contributed by atoms with van der Waals surface area (Å²) >= 11 is 0. The van der Waals surface area contributed by atoms with Crippen molar-refractivity contribution in [1.82, 2.24) is 5.32 Å². The first kappa shape index (κ1) is 28.8. The molecule has 0 aliphatic carbocycles. The van der Waals surface area contributed by atoms with E-state index in [2.05, 4.69) is 10.6 Å². The van der Waals surface area contributed by atoms with Crippen molar-refractivity contribution in [3.8, 4) is 0 Å². The van der Waals surface area contributed by atoms with Crippen LogP contribution in [0.1, 0.15) is 27.2 Å². The van der Waals surface area contributed by atoms with Gasteiger partial charge in [-0.15, -0.1) is 0 Å². The monoisotopic (exact) mass is 536 g/mol. The minimum absolute atomic E-state index is 0.274. The molecule has 38 heavy (non-hydrogen) atoms. The highest BCUT2D eigenvalue weighted by Crippen LogP contribution is 2.44. The number of ketones is 1. The van der Waals surface area contributed by atoms with Crippen molar-refractivity contribution in [1.29, 1.82) is 0 Å². The Bertz CT molecular complexity index is 1210. The average molecular weight is 537 g/mol. The number of rotatable bonds is 12. The van der Waals surface area contributed by atoms with Crippen LogP contribution in [0, 0.1) is 5.92 Å². The van der Waals surface area contributed by atoms with Gasteiger partial charge in [0.25, 0.3) is 13.3 Å². The Kier molecular flexibility index (Phi) is 10.4. The Labute approximate surface area is 223 Å². The molecule has 0 aliphatic rings. The molecule has 0 aromatic heterocycles. The zero-order chi connectivity index (χ0) is 27.5. The molecule has 8 nitrogen and oxygen atoms in total. The molecular formula is C29H33N2O6P. The Balaban J connectivity index is 1.67. The van der Waals surface area contributed by atoms with Gasteiger partial charge < -0.3 is 14.6 Å². The fourth-order valence-electron chi connectivity index (χ4n) is 3.74. The van der Waals surface area contributed by atoms with Gasteiger partial charge >= 0.3 is 6.09 Å². The van der Waals surface area contributed by atoms with E-state index in [0.29, 0.717) is 16.3 Å². The zero-order valence-electron chi connectivity index (χ0n) is 21.7. The van der Waals surface area contributed by atoms with Crippen LogP contribution in [-0.2, 0) is 23.4 Å². The van der Waals surface area contributed by atoms with E-state index in [4.69, 9.17) is 9.26 Å². The highest BCUT2D eigenvalue weighted by atomic mass is 31.2. The van der Waals surface area contributed by atoms with E-state index in [0.717, 1.165) is 0 Å². The molecule has 3 rings (SSSR count). The molecule has 0 bridgehead atoms. The van der Waals surface area contributed by atoms with Gasteiger partial charge in [0.1, 0.15) is 6.61 Å². The summed E-state index contributed by atoms with van der Waals surface area (Å²) in [6.07, 6.45) is -1.63. The van der Waals surface area contributed by atoms with Crippen LogP contribution in [0.2, 0.25) is 0 Å². The maximum Gasteiger partial charge on any atom is 0.412 e. The molecule has 0 saturated heterocycles. The van der Waals surface area contributed by atoms with Crippen molar-refractivity contribution in [3.05, 3.63) is 91.0 Å². The smallest absolute Gasteiger partial charge is 0.412 e. The summed E-state index contributed by atoms with van der Waals surface area (Å²) < 4.78 is 25.2. The van der Waals surface area contributed by atoms with E-state index in [1.807, 2.05) is 6.07 Å². The first-order valence-corrected chi connectivity index (χ1v) is 14.1. The molecule has 0 spiro atoms. The van der Waals surface area contributed by atoms with Gasteiger partial charge in [0.2, 0.25) is 0 Å². The largest absolute Gasteiger partial charge is 0.436 e. The van der Waals surface area contributed by atoms with Gasteiger partial charge in [0.05, 0.1) is 6.04 Å². The predicted molar refractivity (Wildman–Crippen MR) is 148 cm³/mol. The van der Waals surface area contributed by atoms with Gasteiger partial charge in [0, 0.05) is 16.3 Å². The maximum atomic E-state index is 14.0. The van der Waals surface area contributed by atoms with Crippen LogP contribution in [0.3, 0.4) is 0 Å². The summed E-state index contributed by atoms with van der Waals surface area (Å²) in [5.41, 5.74) is 0.528. The fraction of sp³-hybridized carbons (Fsp3) is 0.276. The molecule has 0 aliphatic heterocycles. The summed E-state index contributed by atoms with van der Waals surface area (Å²) in [5.74, 6) is -1.39. The highest BCUT2D eigenvalue weighted by Gasteiger charge is 2.33. The van der Waals surface area contributed by atoms with Gasteiger partial charge in [0.15, 0.2) is 11.9 Å². The quantitative estimate of drug-likeness (QED) is 0.326. The molecule has 2 unspecified atom stereocenters. The molecule has 0 saturated carbocycles. The van der Waals surface area contributed by atoms with E-state index in [-0.39, 0.29) is 12.3 Å². The summed E-state index contributed by atoms with van der Waals surface area (Å²) in [6, 6.07) is 25.2. The Morgan fingerprint density at radius 2 is 1.32 bits per heavy atom. The van der Waals surface area contributed by atoms with Crippen LogP contribution in [-0.4, -0.2) is 36.5 Å². The first-order chi connectivity index (χ1) is 18.2. The number of para-hydroxylation sites is 1. The van der Waals surface area contributed by atoms with E-state index in [1.165, 1.54) is 0 Å². The second-order valence-corrected chi connectivity index (χ2v) is 11.4. The SMILES string of the molecule is CCC(NC(=O)C(OC(=O)Nc1ccccc1)C(C)C)C(=O)COP(=O)(c1ccccc1)c1ccccc1. The number of hydrogen-bond donors (Lipinski definition) is 2. The molecule has 3 aromatic rings. The molecule has 200 valence electrons. The van der Waals surface area contributed by atoms with E-state index >= 15 is 0 Å². The summed E-state index contributed by atoms with van der Waals surface area (Å²) in [6.45, 7) is 4.75. The van der Waals surface area contributed by atoms with Crippen molar-refractivity contribution in [2.75, 3.05) is 11.9 Å².